The minimum Gasteiger partial charge on any atom is -0.480 e. The number of carbonyl (C=O) groups excluding carboxylic acids is 2. The highest BCUT2D eigenvalue weighted by Gasteiger charge is 2.23. The van der Waals surface area contributed by atoms with Gasteiger partial charge in [-0.05, 0) is 6.92 Å². The molecular formula is C13H16N2O4S. The van der Waals surface area contributed by atoms with Crippen LogP contribution in [0.1, 0.15) is 17.3 Å². The predicted octanol–water partition coefficient (Wildman–Crippen LogP) is 0.477. The molecule has 1 rings (SSSR count). The van der Waals surface area contributed by atoms with Crippen LogP contribution in [0.15, 0.2) is 30.3 Å². The number of nitrogens with one attached hydrogen (secondary N) is 1. The number of benzene rings is 1. The van der Waals surface area contributed by atoms with E-state index >= 15 is 0 Å². The van der Waals surface area contributed by atoms with Gasteiger partial charge in [-0.1, -0.05) is 42.1 Å². The third kappa shape index (κ3) is 5.02. The Labute approximate surface area is 120 Å². The van der Waals surface area contributed by atoms with Crippen molar-refractivity contribution in [2.24, 2.45) is 5.73 Å². The lowest BCUT2D eigenvalue weighted by molar-refractivity contribution is -0.141. The van der Waals surface area contributed by atoms with Crippen LogP contribution in [-0.2, 0) is 9.59 Å². The standard InChI is InChI=1S/C13H16N2O4S/c1-8(14)11(16)15-10(12(17)18)7-20-13(19)9-5-3-2-4-6-9/h2-6,8,10H,7,14H2,1H3,(H,15,16)(H,17,18). The third-order valence-electron chi connectivity index (χ3n) is 2.42. The summed E-state index contributed by atoms with van der Waals surface area (Å²) < 4.78 is 0. The maximum Gasteiger partial charge on any atom is 0.327 e. The first-order chi connectivity index (χ1) is 9.41. The Bertz CT molecular complexity index is 490. The number of carboxylic acids is 1. The van der Waals surface area contributed by atoms with E-state index in [1.54, 1.807) is 30.3 Å². The lowest BCUT2D eigenvalue weighted by Gasteiger charge is -2.15. The topological polar surface area (TPSA) is 109 Å². The molecule has 0 heterocycles. The highest BCUT2D eigenvalue weighted by atomic mass is 32.2. The highest BCUT2D eigenvalue weighted by molar-refractivity contribution is 8.14. The van der Waals surface area contributed by atoms with Crippen LogP contribution in [0, 0.1) is 0 Å². The van der Waals surface area contributed by atoms with Gasteiger partial charge in [0.05, 0.1) is 6.04 Å². The van der Waals surface area contributed by atoms with E-state index < -0.39 is 24.0 Å². The number of rotatable bonds is 6. The Balaban J connectivity index is 2.57. The molecule has 20 heavy (non-hydrogen) atoms. The Morgan fingerprint density at radius 3 is 2.40 bits per heavy atom. The van der Waals surface area contributed by atoms with Gasteiger partial charge in [-0.3, -0.25) is 9.59 Å². The molecule has 0 bridgehead atoms. The maximum atomic E-state index is 11.8. The van der Waals surface area contributed by atoms with Crippen molar-refractivity contribution in [1.29, 1.82) is 0 Å². The van der Waals surface area contributed by atoms with Crippen LogP contribution in [0.2, 0.25) is 0 Å². The van der Waals surface area contributed by atoms with Crippen molar-refractivity contribution in [3.05, 3.63) is 35.9 Å². The average molecular weight is 296 g/mol. The molecule has 0 aliphatic carbocycles. The SMILES string of the molecule is CC(N)C(=O)NC(CSC(=O)c1ccccc1)C(=O)O. The first-order valence-electron chi connectivity index (χ1n) is 5.92. The molecule has 0 aliphatic heterocycles. The molecule has 0 aromatic heterocycles. The second-order valence-corrected chi connectivity index (χ2v) is 5.15. The number of hydrogen-bond acceptors (Lipinski definition) is 5. The van der Waals surface area contributed by atoms with Crippen LogP contribution in [0.3, 0.4) is 0 Å². The molecule has 0 saturated carbocycles. The number of carbonyl (C=O) groups is 3. The van der Waals surface area contributed by atoms with Crippen molar-refractivity contribution in [2.75, 3.05) is 5.75 Å². The summed E-state index contributed by atoms with van der Waals surface area (Å²) in [5.74, 6) is -1.82. The molecule has 0 aliphatic rings. The zero-order valence-corrected chi connectivity index (χ0v) is 11.7. The van der Waals surface area contributed by atoms with Gasteiger partial charge in [0.2, 0.25) is 11.0 Å². The van der Waals surface area contributed by atoms with Gasteiger partial charge in [-0.2, -0.15) is 0 Å². The molecular weight excluding hydrogens is 280 g/mol. The molecule has 2 atom stereocenters. The highest BCUT2D eigenvalue weighted by Crippen LogP contribution is 2.13. The average Bonchev–Trinajstić information content (AvgIpc) is 2.43. The number of thioether (sulfide) groups is 1. The van der Waals surface area contributed by atoms with E-state index in [0.717, 1.165) is 11.8 Å². The second kappa shape index (κ2) is 7.66. The molecule has 0 fully saturated rings. The molecule has 1 amide bonds. The van der Waals surface area contributed by atoms with E-state index in [1.807, 2.05) is 0 Å². The van der Waals surface area contributed by atoms with E-state index in [-0.39, 0.29) is 10.9 Å². The van der Waals surface area contributed by atoms with E-state index in [0.29, 0.717) is 5.56 Å². The van der Waals surface area contributed by atoms with Gasteiger partial charge >= 0.3 is 5.97 Å². The van der Waals surface area contributed by atoms with Gasteiger partial charge in [-0.25, -0.2) is 4.79 Å². The van der Waals surface area contributed by atoms with Gasteiger partial charge in [0.25, 0.3) is 0 Å². The van der Waals surface area contributed by atoms with E-state index in [1.165, 1.54) is 6.92 Å². The number of nitrogens with two attached hydrogens (primary N) is 1. The maximum absolute atomic E-state index is 11.8. The zero-order chi connectivity index (χ0) is 15.1. The second-order valence-electron chi connectivity index (χ2n) is 4.15. The Kier molecular flexibility index (Phi) is 6.20. The smallest absolute Gasteiger partial charge is 0.327 e. The summed E-state index contributed by atoms with van der Waals surface area (Å²) in [5, 5.41) is 11.0. The molecule has 4 N–H and O–H groups in total. The van der Waals surface area contributed by atoms with Crippen LogP contribution in [0.4, 0.5) is 0 Å². The number of carboxylic acid groups (broad SMARTS) is 1. The first kappa shape index (κ1) is 16.2. The Morgan fingerprint density at radius 1 is 1.30 bits per heavy atom. The summed E-state index contributed by atoms with van der Waals surface area (Å²) in [5.41, 5.74) is 5.84. The fourth-order valence-corrected chi connectivity index (χ4v) is 2.14. The van der Waals surface area contributed by atoms with Gasteiger partial charge in [0.15, 0.2) is 0 Å². The Hall–Kier alpha value is -1.86. The number of amides is 1. The van der Waals surface area contributed by atoms with Crippen LogP contribution in [0.25, 0.3) is 0 Å². The first-order valence-corrected chi connectivity index (χ1v) is 6.91. The Morgan fingerprint density at radius 2 is 1.90 bits per heavy atom. The molecule has 7 heteroatoms. The van der Waals surface area contributed by atoms with Crippen LogP contribution in [0.5, 0.6) is 0 Å². The third-order valence-corrected chi connectivity index (χ3v) is 3.42. The fourth-order valence-electron chi connectivity index (χ4n) is 1.29. The monoisotopic (exact) mass is 296 g/mol. The van der Waals surface area contributed by atoms with E-state index in [2.05, 4.69) is 5.32 Å². The van der Waals surface area contributed by atoms with Crippen molar-refractivity contribution in [3.63, 3.8) is 0 Å². The van der Waals surface area contributed by atoms with Crippen molar-refractivity contribution in [1.82, 2.24) is 5.32 Å². The molecule has 0 saturated heterocycles. The van der Waals surface area contributed by atoms with Gasteiger partial charge in [0.1, 0.15) is 6.04 Å². The van der Waals surface area contributed by atoms with Crippen molar-refractivity contribution < 1.29 is 19.5 Å². The van der Waals surface area contributed by atoms with Crippen molar-refractivity contribution in [2.45, 2.75) is 19.0 Å². The minimum atomic E-state index is -1.20. The number of aliphatic carboxylic acids is 1. The summed E-state index contributed by atoms with van der Waals surface area (Å²) in [6.07, 6.45) is 0. The van der Waals surface area contributed by atoms with Crippen molar-refractivity contribution >= 4 is 28.8 Å². The van der Waals surface area contributed by atoms with Crippen molar-refractivity contribution in [3.8, 4) is 0 Å². The summed E-state index contributed by atoms with van der Waals surface area (Å²) in [7, 11) is 0. The van der Waals surface area contributed by atoms with Gasteiger partial charge < -0.3 is 16.2 Å². The molecule has 0 spiro atoms. The summed E-state index contributed by atoms with van der Waals surface area (Å²) in [6, 6.07) is 6.57. The molecule has 0 radical (unpaired) electrons. The molecule has 2 unspecified atom stereocenters. The fraction of sp³-hybridized carbons (Fsp3) is 0.308. The molecule has 108 valence electrons. The van der Waals surface area contributed by atoms with Crippen LogP contribution in [-0.4, -0.2) is 39.9 Å². The predicted molar refractivity (Wildman–Crippen MR) is 76.4 cm³/mol. The summed E-state index contributed by atoms with van der Waals surface area (Å²) >= 11 is 0.844. The molecule has 1 aromatic carbocycles. The minimum absolute atomic E-state index is 0.0540. The molecule has 6 nitrogen and oxygen atoms in total. The van der Waals surface area contributed by atoms with Crippen LogP contribution < -0.4 is 11.1 Å². The van der Waals surface area contributed by atoms with E-state index in [9.17, 15) is 14.4 Å². The van der Waals surface area contributed by atoms with Gasteiger partial charge in [0, 0.05) is 11.3 Å². The summed E-state index contributed by atoms with van der Waals surface area (Å²) in [4.78, 5) is 34.2. The largest absolute Gasteiger partial charge is 0.480 e. The summed E-state index contributed by atoms with van der Waals surface area (Å²) in [6.45, 7) is 1.45. The van der Waals surface area contributed by atoms with Crippen LogP contribution >= 0.6 is 11.8 Å². The zero-order valence-electron chi connectivity index (χ0n) is 10.9. The molecule has 1 aromatic rings. The van der Waals surface area contributed by atoms with Gasteiger partial charge in [-0.15, -0.1) is 0 Å². The lowest BCUT2D eigenvalue weighted by atomic mass is 10.2. The number of hydrogen-bond donors (Lipinski definition) is 3. The normalized spacial score (nSPS) is 13.3. The van der Waals surface area contributed by atoms with E-state index in [4.69, 9.17) is 10.8 Å². The quantitative estimate of drug-likeness (QED) is 0.704. The lowest BCUT2D eigenvalue weighted by Crippen LogP contribution is -2.48.